The number of nitro benzene ring substituents is 1. The monoisotopic (exact) mass is 358 g/mol. The number of nitrogens with one attached hydrogen (secondary N) is 3. The van der Waals surface area contributed by atoms with E-state index in [4.69, 9.17) is 11.6 Å². The van der Waals surface area contributed by atoms with Crippen molar-refractivity contribution in [2.24, 2.45) is 0 Å². The van der Waals surface area contributed by atoms with Gasteiger partial charge in [-0.05, 0) is 36.4 Å². The average molecular weight is 359 g/mol. The molecule has 3 rings (SSSR count). The lowest BCUT2D eigenvalue weighted by atomic mass is 10.2. The van der Waals surface area contributed by atoms with Gasteiger partial charge in [-0.25, -0.2) is 0 Å². The molecule has 1 amide bonds. The Kier molecular flexibility index (Phi) is 4.85. The van der Waals surface area contributed by atoms with Crippen molar-refractivity contribution in [3.05, 3.63) is 69.4 Å². The summed E-state index contributed by atoms with van der Waals surface area (Å²) in [4.78, 5) is 25.3. The van der Waals surface area contributed by atoms with Crippen molar-refractivity contribution < 1.29 is 9.72 Å². The number of benzene rings is 2. The number of nitro groups is 1. The zero-order valence-electron chi connectivity index (χ0n) is 13.1. The normalized spacial score (nSPS) is 10.6. The van der Waals surface area contributed by atoms with Crippen LogP contribution in [0.5, 0.6) is 0 Å². The van der Waals surface area contributed by atoms with Crippen LogP contribution in [0.3, 0.4) is 0 Å². The molecule has 1 aromatic heterocycles. The van der Waals surface area contributed by atoms with E-state index in [1.54, 1.807) is 30.3 Å². The van der Waals surface area contributed by atoms with E-state index in [9.17, 15) is 14.9 Å². The number of H-pyrrole nitrogens is 1. The number of rotatable bonds is 6. The molecule has 0 spiro atoms. The molecule has 0 fully saturated rings. The van der Waals surface area contributed by atoms with E-state index in [0.717, 1.165) is 16.6 Å². The number of carbonyl (C=O) groups is 1. The van der Waals surface area contributed by atoms with Crippen LogP contribution in [0.4, 0.5) is 11.4 Å². The van der Waals surface area contributed by atoms with Gasteiger partial charge in [0.05, 0.1) is 4.92 Å². The summed E-state index contributed by atoms with van der Waals surface area (Å²) in [6.45, 7) is 0.904. The number of amides is 1. The maximum absolute atomic E-state index is 12.2. The molecule has 3 aromatic rings. The number of nitrogens with zero attached hydrogens (tertiary/aromatic N) is 1. The largest absolute Gasteiger partial charge is 0.383 e. The molecule has 0 saturated heterocycles. The Hall–Kier alpha value is -3.06. The average Bonchev–Trinajstić information content (AvgIpc) is 3.02. The van der Waals surface area contributed by atoms with Gasteiger partial charge in [0, 0.05) is 46.8 Å². The third kappa shape index (κ3) is 4.07. The number of fused-ring (bicyclic) bond motifs is 1. The molecule has 25 heavy (non-hydrogen) atoms. The molecule has 0 aliphatic heterocycles. The molecule has 0 unspecified atom stereocenters. The number of anilines is 1. The number of hydrogen-bond acceptors (Lipinski definition) is 4. The maximum Gasteiger partial charge on any atom is 0.269 e. The molecule has 0 bridgehead atoms. The van der Waals surface area contributed by atoms with E-state index in [1.165, 1.54) is 12.1 Å². The molecule has 0 radical (unpaired) electrons. The fourth-order valence-corrected chi connectivity index (χ4v) is 2.59. The SMILES string of the molecule is O=C(NCCNc1ccc([N+](=O)[O-])cc1)c1cc2cc(Cl)ccc2[nH]1. The van der Waals surface area contributed by atoms with E-state index in [2.05, 4.69) is 15.6 Å². The van der Waals surface area contributed by atoms with Crippen LogP contribution in [0.1, 0.15) is 10.5 Å². The van der Waals surface area contributed by atoms with Gasteiger partial charge in [0.15, 0.2) is 0 Å². The van der Waals surface area contributed by atoms with Gasteiger partial charge in [-0.1, -0.05) is 11.6 Å². The number of aromatic nitrogens is 1. The second-order valence-electron chi connectivity index (χ2n) is 5.40. The minimum atomic E-state index is -0.447. The molecular formula is C17H15ClN4O3. The smallest absolute Gasteiger partial charge is 0.269 e. The highest BCUT2D eigenvalue weighted by atomic mass is 35.5. The number of hydrogen-bond donors (Lipinski definition) is 3. The lowest BCUT2D eigenvalue weighted by Crippen LogP contribution is -2.28. The topological polar surface area (TPSA) is 100 Å². The first-order valence-electron chi connectivity index (χ1n) is 7.58. The fraction of sp³-hybridized carbons (Fsp3) is 0.118. The lowest BCUT2D eigenvalue weighted by Gasteiger charge is -2.07. The fourth-order valence-electron chi connectivity index (χ4n) is 2.40. The van der Waals surface area contributed by atoms with Crippen molar-refractivity contribution in [1.82, 2.24) is 10.3 Å². The van der Waals surface area contributed by atoms with Gasteiger partial charge >= 0.3 is 0 Å². The molecule has 0 aliphatic carbocycles. The van der Waals surface area contributed by atoms with Gasteiger partial charge in [0.25, 0.3) is 11.6 Å². The molecule has 0 saturated carbocycles. The lowest BCUT2D eigenvalue weighted by molar-refractivity contribution is -0.384. The van der Waals surface area contributed by atoms with Crippen molar-refractivity contribution in [3.63, 3.8) is 0 Å². The summed E-state index contributed by atoms with van der Waals surface area (Å²) >= 11 is 5.94. The predicted molar refractivity (Wildman–Crippen MR) is 97.2 cm³/mol. The number of halogens is 1. The second-order valence-corrected chi connectivity index (χ2v) is 5.84. The summed E-state index contributed by atoms with van der Waals surface area (Å²) in [7, 11) is 0. The van der Waals surface area contributed by atoms with Gasteiger partial charge in [-0.15, -0.1) is 0 Å². The Labute approximate surface area is 148 Å². The van der Waals surface area contributed by atoms with E-state index in [1.807, 2.05) is 6.07 Å². The van der Waals surface area contributed by atoms with Crippen LogP contribution >= 0.6 is 11.6 Å². The van der Waals surface area contributed by atoms with Crippen LogP contribution in [0.2, 0.25) is 5.02 Å². The Morgan fingerprint density at radius 1 is 1.12 bits per heavy atom. The van der Waals surface area contributed by atoms with Crippen molar-refractivity contribution in [2.45, 2.75) is 0 Å². The van der Waals surface area contributed by atoms with E-state index in [-0.39, 0.29) is 11.6 Å². The first-order chi connectivity index (χ1) is 12.0. The van der Waals surface area contributed by atoms with Crippen LogP contribution in [0.15, 0.2) is 48.5 Å². The molecule has 3 N–H and O–H groups in total. The molecule has 128 valence electrons. The summed E-state index contributed by atoms with van der Waals surface area (Å²) in [5, 5.41) is 18.0. The van der Waals surface area contributed by atoms with Crippen LogP contribution in [0, 0.1) is 10.1 Å². The highest BCUT2D eigenvalue weighted by molar-refractivity contribution is 6.31. The Morgan fingerprint density at radius 2 is 1.88 bits per heavy atom. The molecule has 0 atom stereocenters. The van der Waals surface area contributed by atoms with Crippen LogP contribution < -0.4 is 10.6 Å². The Morgan fingerprint density at radius 3 is 2.60 bits per heavy atom. The van der Waals surface area contributed by atoms with Gasteiger partial charge < -0.3 is 15.6 Å². The van der Waals surface area contributed by atoms with E-state index in [0.29, 0.717) is 23.8 Å². The summed E-state index contributed by atoms with van der Waals surface area (Å²) in [5.41, 5.74) is 2.10. The first-order valence-corrected chi connectivity index (χ1v) is 7.95. The van der Waals surface area contributed by atoms with Crippen LogP contribution in [-0.2, 0) is 0 Å². The number of non-ortho nitro benzene ring substituents is 1. The van der Waals surface area contributed by atoms with Crippen LogP contribution in [0.25, 0.3) is 10.9 Å². The Balaban J connectivity index is 1.51. The minimum Gasteiger partial charge on any atom is -0.383 e. The predicted octanol–water partition coefficient (Wildman–Crippen LogP) is 3.57. The molecule has 8 heteroatoms. The molecular weight excluding hydrogens is 344 g/mol. The zero-order valence-corrected chi connectivity index (χ0v) is 13.8. The standard InChI is InChI=1S/C17H15ClN4O3/c18-12-1-6-15-11(9-12)10-16(21-15)17(23)20-8-7-19-13-2-4-14(5-3-13)22(24)25/h1-6,9-10,19,21H,7-8H2,(H,20,23). The van der Waals surface area contributed by atoms with E-state index >= 15 is 0 Å². The third-order valence-corrected chi connectivity index (χ3v) is 3.88. The van der Waals surface area contributed by atoms with Crippen molar-refractivity contribution in [3.8, 4) is 0 Å². The summed E-state index contributed by atoms with van der Waals surface area (Å²) in [6, 6.07) is 13.2. The summed E-state index contributed by atoms with van der Waals surface area (Å²) < 4.78 is 0. The third-order valence-electron chi connectivity index (χ3n) is 3.65. The number of carbonyl (C=O) groups excluding carboxylic acids is 1. The molecule has 7 nitrogen and oxygen atoms in total. The molecule has 0 aliphatic rings. The minimum absolute atomic E-state index is 0.0396. The van der Waals surface area contributed by atoms with Crippen molar-refractivity contribution in [2.75, 3.05) is 18.4 Å². The second kappa shape index (κ2) is 7.23. The van der Waals surface area contributed by atoms with E-state index < -0.39 is 4.92 Å². The van der Waals surface area contributed by atoms with Crippen molar-refractivity contribution in [1.29, 1.82) is 0 Å². The quantitative estimate of drug-likeness (QED) is 0.356. The van der Waals surface area contributed by atoms with Crippen LogP contribution in [-0.4, -0.2) is 28.9 Å². The highest BCUT2D eigenvalue weighted by Gasteiger charge is 2.09. The summed E-state index contributed by atoms with van der Waals surface area (Å²) in [5.74, 6) is -0.210. The van der Waals surface area contributed by atoms with Gasteiger partial charge in [-0.2, -0.15) is 0 Å². The zero-order chi connectivity index (χ0) is 17.8. The van der Waals surface area contributed by atoms with Crippen molar-refractivity contribution >= 4 is 39.8 Å². The maximum atomic E-state index is 12.2. The molecule has 2 aromatic carbocycles. The number of aromatic amines is 1. The van der Waals surface area contributed by atoms with Gasteiger partial charge in [0.1, 0.15) is 5.69 Å². The van der Waals surface area contributed by atoms with Gasteiger partial charge in [0.2, 0.25) is 0 Å². The molecule has 1 heterocycles. The first kappa shape index (κ1) is 16.8. The van der Waals surface area contributed by atoms with Gasteiger partial charge in [-0.3, -0.25) is 14.9 Å². The highest BCUT2D eigenvalue weighted by Crippen LogP contribution is 2.20. The Bertz CT molecular complexity index is 921. The summed E-state index contributed by atoms with van der Waals surface area (Å²) in [6.07, 6.45) is 0.